The summed E-state index contributed by atoms with van der Waals surface area (Å²) >= 11 is 0. The number of carbonyl (C=O) groups excluding carboxylic acids is 2. The second-order valence-corrected chi connectivity index (χ2v) is 3.77. The van der Waals surface area contributed by atoms with E-state index in [4.69, 9.17) is 5.73 Å². The molecule has 5 N–H and O–H groups in total. The van der Waals surface area contributed by atoms with Crippen molar-refractivity contribution in [2.75, 3.05) is 6.54 Å². The summed E-state index contributed by atoms with van der Waals surface area (Å²) in [5.74, 6) is -0.452. The van der Waals surface area contributed by atoms with Gasteiger partial charge in [-0.2, -0.15) is 0 Å². The van der Waals surface area contributed by atoms with E-state index < -0.39 is 6.04 Å². The second-order valence-electron chi connectivity index (χ2n) is 3.77. The van der Waals surface area contributed by atoms with Crippen molar-refractivity contribution in [1.29, 1.82) is 0 Å². The van der Waals surface area contributed by atoms with E-state index in [1.54, 1.807) is 12.4 Å². The lowest BCUT2D eigenvalue weighted by Gasteiger charge is -2.16. The maximum atomic E-state index is 11.8. The number of hydrogen-bond acceptors (Lipinski definition) is 3. The van der Waals surface area contributed by atoms with Gasteiger partial charge in [0.25, 0.3) is 0 Å². The summed E-state index contributed by atoms with van der Waals surface area (Å²) in [6.45, 7) is 2.16. The maximum absolute atomic E-state index is 11.8. The van der Waals surface area contributed by atoms with Crippen LogP contribution >= 0.6 is 0 Å². The topological polar surface area (TPSA) is 100 Å². The van der Waals surface area contributed by atoms with Gasteiger partial charge in [0.2, 0.25) is 11.8 Å². The summed E-state index contributed by atoms with van der Waals surface area (Å²) in [6, 6.07) is 1.31. The van der Waals surface area contributed by atoms with Gasteiger partial charge in [-0.15, -0.1) is 0 Å². The van der Waals surface area contributed by atoms with Crippen molar-refractivity contribution in [3.63, 3.8) is 0 Å². The third-order valence-corrected chi connectivity index (χ3v) is 2.28. The summed E-state index contributed by atoms with van der Waals surface area (Å²) in [6.07, 6.45) is 4.02. The highest BCUT2D eigenvalue weighted by atomic mass is 16.2. The Morgan fingerprint density at radius 1 is 1.53 bits per heavy atom. The minimum absolute atomic E-state index is 0.216. The molecule has 0 spiro atoms. The lowest BCUT2D eigenvalue weighted by molar-refractivity contribution is -0.128. The molecule has 0 aliphatic rings. The third-order valence-electron chi connectivity index (χ3n) is 2.28. The first-order valence-corrected chi connectivity index (χ1v) is 5.50. The fourth-order valence-corrected chi connectivity index (χ4v) is 1.46. The Morgan fingerprint density at radius 3 is 2.82 bits per heavy atom. The number of nitrogens with two attached hydrogens (primary N) is 1. The summed E-state index contributed by atoms with van der Waals surface area (Å²) in [5.41, 5.74) is 6.38. The highest BCUT2D eigenvalue weighted by Gasteiger charge is 2.17. The third kappa shape index (κ3) is 4.69. The van der Waals surface area contributed by atoms with Crippen LogP contribution in [0.4, 0.5) is 0 Å². The number of hydrogen-bond donors (Lipinski definition) is 4. The molecule has 2 amide bonds. The minimum Gasteiger partial charge on any atom is -0.367 e. The van der Waals surface area contributed by atoms with Crippen LogP contribution in [0.15, 0.2) is 18.5 Å². The molecule has 0 bridgehead atoms. The lowest BCUT2D eigenvalue weighted by Crippen LogP contribution is -2.46. The SMILES string of the molecule is CC(=O)NC(CCN)C(=O)NCc1cc[nH]c1. The van der Waals surface area contributed by atoms with Crippen molar-refractivity contribution in [3.05, 3.63) is 24.0 Å². The van der Waals surface area contributed by atoms with Crippen molar-refractivity contribution in [2.45, 2.75) is 25.9 Å². The number of aromatic nitrogens is 1. The quantitative estimate of drug-likeness (QED) is 0.536. The molecule has 0 aliphatic heterocycles. The highest BCUT2D eigenvalue weighted by molar-refractivity contribution is 5.86. The Kier molecular flexibility index (Phi) is 5.22. The zero-order chi connectivity index (χ0) is 12.7. The van der Waals surface area contributed by atoms with Gasteiger partial charge in [0.15, 0.2) is 0 Å². The molecule has 0 radical (unpaired) electrons. The van der Waals surface area contributed by atoms with E-state index in [-0.39, 0.29) is 11.8 Å². The van der Waals surface area contributed by atoms with Gasteiger partial charge in [0, 0.05) is 25.9 Å². The van der Waals surface area contributed by atoms with E-state index in [1.807, 2.05) is 6.07 Å². The molecule has 0 fully saturated rings. The molecule has 1 atom stereocenters. The second kappa shape index (κ2) is 6.70. The van der Waals surface area contributed by atoms with Crippen LogP contribution in [0, 0.1) is 0 Å². The fraction of sp³-hybridized carbons (Fsp3) is 0.455. The summed E-state index contributed by atoms with van der Waals surface area (Å²) in [4.78, 5) is 25.6. The molecule has 0 saturated carbocycles. The van der Waals surface area contributed by atoms with Crippen molar-refractivity contribution in [2.24, 2.45) is 5.73 Å². The predicted octanol–water partition coefficient (Wildman–Crippen LogP) is -0.516. The van der Waals surface area contributed by atoms with Crippen LogP contribution in [0.5, 0.6) is 0 Å². The molecule has 17 heavy (non-hydrogen) atoms. The first-order valence-electron chi connectivity index (χ1n) is 5.50. The monoisotopic (exact) mass is 238 g/mol. The molecule has 1 aromatic rings. The molecule has 1 unspecified atom stereocenters. The van der Waals surface area contributed by atoms with Crippen LogP contribution in [0.25, 0.3) is 0 Å². The number of nitrogens with one attached hydrogen (secondary N) is 3. The van der Waals surface area contributed by atoms with E-state index in [0.29, 0.717) is 19.5 Å². The van der Waals surface area contributed by atoms with Crippen LogP contribution in [-0.2, 0) is 16.1 Å². The van der Waals surface area contributed by atoms with Gasteiger partial charge in [-0.3, -0.25) is 9.59 Å². The van der Waals surface area contributed by atoms with Crippen LogP contribution in [0.3, 0.4) is 0 Å². The van der Waals surface area contributed by atoms with Gasteiger partial charge >= 0.3 is 0 Å². The largest absolute Gasteiger partial charge is 0.367 e. The molecule has 0 saturated heterocycles. The summed E-state index contributed by atoms with van der Waals surface area (Å²) < 4.78 is 0. The highest BCUT2D eigenvalue weighted by Crippen LogP contribution is 1.97. The summed E-state index contributed by atoms with van der Waals surface area (Å²) in [5, 5.41) is 5.32. The Labute approximate surface area is 100.0 Å². The van der Waals surface area contributed by atoms with Crippen molar-refractivity contribution < 1.29 is 9.59 Å². The molecule has 0 aliphatic carbocycles. The van der Waals surface area contributed by atoms with Crippen LogP contribution in [-0.4, -0.2) is 29.4 Å². The molecule has 0 aromatic carbocycles. The Bertz CT molecular complexity index is 362. The number of H-pyrrole nitrogens is 1. The van der Waals surface area contributed by atoms with E-state index in [0.717, 1.165) is 5.56 Å². The number of amides is 2. The van der Waals surface area contributed by atoms with Gasteiger partial charge in [0.1, 0.15) is 6.04 Å². The molecule has 1 aromatic heterocycles. The first-order chi connectivity index (χ1) is 8.13. The lowest BCUT2D eigenvalue weighted by atomic mass is 10.2. The molecule has 6 nitrogen and oxygen atoms in total. The molecular formula is C11H18N4O2. The van der Waals surface area contributed by atoms with E-state index >= 15 is 0 Å². The smallest absolute Gasteiger partial charge is 0.242 e. The molecule has 94 valence electrons. The number of rotatable bonds is 6. The Balaban J connectivity index is 2.44. The Morgan fingerprint density at radius 2 is 2.29 bits per heavy atom. The van der Waals surface area contributed by atoms with Gasteiger partial charge in [0.05, 0.1) is 0 Å². The number of aromatic amines is 1. The van der Waals surface area contributed by atoms with Crippen molar-refractivity contribution >= 4 is 11.8 Å². The van der Waals surface area contributed by atoms with Crippen LogP contribution in [0.1, 0.15) is 18.9 Å². The zero-order valence-corrected chi connectivity index (χ0v) is 9.82. The molecule has 1 heterocycles. The zero-order valence-electron chi connectivity index (χ0n) is 9.82. The molecule has 6 heteroatoms. The standard InChI is InChI=1S/C11H18N4O2/c1-8(16)15-10(2-4-12)11(17)14-7-9-3-5-13-6-9/h3,5-6,10,13H,2,4,7,12H2,1H3,(H,14,17)(H,15,16). The molecular weight excluding hydrogens is 220 g/mol. The normalized spacial score (nSPS) is 11.9. The average Bonchev–Trinajstić information content (AvgIpc) is 2.77. The van der Waals surface area contributed by atoms with Crippen molar-refractivity contribution in [3.8, 4) is 0 Å². The predicted molar refractivity (Wildman–Crippen MR) is 63.9 cm³/mol. The Hall–Kier alpha value is -1.82. The van der Waals surface area contributed by atoms with Crippen LogP contribution in [0.2, 0.25) is 0 Å². The van der Waals surface area contributed by atoms with Gasteiger partial charge in [-0.25, -0.2) is 0 Å². The van der Waals surface area contributed by atoms with E-state index in [1.165, 1.54) is 6.92 Å². The van der Waals surface area contributed by atoms with Gasteiger partial charge in [-0.05, 0) is 24.6 Å². The van der Waals surface area contributed by atoms with Crippen LogP contribution < -0.4 is 16.4 Å². The number of carbonyl (C=O) groups is 2. The van der Waals surface area contributed by atoms with Crippen molar-refractivity contribution in [1.82, 2.24) is 15.6 Å². The average molecular weight is 238 g/mol. The minimum atomic E-state index is -0.559. The van der Waals surface area contributed by atoms with Gasteiger partial charge < -0.3 is 21.4 Å². The molecule has 1 rings (SSSR count). The maximum Gasteiger partial charge on any atom is 0.242 e. The van der Waals surface area contributed by atoms with Gasteiger partial charge in [-0.1, -0.05) is 0 Å². The summed E-state index contributed by atoms with van der Waals surface area (Å²) in [7, 11) is 0. The first kappa shape index (κ1) is 13.2. The van der Waals surface area contributed by atoms with E-state index in [2.05, 4.69) is 15.6 Å². The van der Waals surface area contributed by atoms with E-state index in [9.17, 15) is 9.59 Å². The fourth-order valence-electron chi connectivity index (χ4n) is 1.46.